The first-order chi connectivity index (χ1) is 10.0. The van der Waals surface area contributed by atoms with Crippen molar-refractivity contribution in [1.29, 1.82) is 0 Å². The molecule has 21 heavy (non-hydrogen) atoms. The van der Waals surface area contributed by atoms with Gasteiger partial charge in [-0.1, -0.05) is 29.8 Å². The average Bonchev–Trinajstić information content (AvgIpc) is 2.43. The van der Waals surface area contributed by atoms with Gasteiger partial charge in [-0.2, -0.15) is 0 Å². The Balaban J connectivity index is 2.16. The van der Waals surface area contributed by atoms with E-state index in [1.54, 1.807) is 19.2 Å². The molecular weight excluding hydrogens is 264 g/mol. The second-order valence-corrected chi connectivity index (χ2v) is 5.05. The molecule has 0 aromatic heterocycles. The first kappa shape index (κ1) is 14.9. The Morgan fingerprint density at radius 1 is 1.00 bits per heavy atom. The van der Waals surface area contributed by atoms with Crippen molar-refractivity contribution < 1.29 is 9.53 Å². The number of para-hydroxylation sites is 2. The number of hydrogen-bond donors (Lipinski definition) is 2. The van der Waals surface area contributed by atoms with Crippen molar-refractivity contribution in [1.82, 2.24) is 0 Å². The molecule has 0 fully saturated rings. The first-order valence-electron chi connectivity index (χ1n) is 6.80. The number of nitrogens with one attached hydrogen (secondary N) is 2. The SMILES string of the molecule is COc1ccccc1NC(=O)Nc1c(C)cc(C)cc1C. The fourth-order valence-electron chi connectivity index (χ4n) is 2.39. The highest BCUT2D eigenvalue weighted by Gasteiger charge is 2.10. The fourth-order valence-corrected chi connectivity index (χ4v) is 2.39. The Morgan fingerprint density at radius 3 is 2.24 bits per heavy atom. The van der Waals surface area contributed by atoms with Gasteiger partial charge in [0, 0.05) is 5.69 Å². The van der Waals surface area contributed by atoms with Gasteiger partial charge in [0.25, 0.3) is 0 Å². The highest BCUT2D eigenvalue weighted by molar-refractivity contribution is 6.01. The van der Waals surface area contributed by atoms with Gasteiger partial charge in [-0.15, -0.1) is 0 Å². The minimum Gasteiger partial charge on any atom is -0.495 e. The zero-order chi connectivity index (χ0) is 15.4. The molecule has 0 aliphatic carbocycles. The van der Waals surface area contributed by atoms with Crippen molar-refractivity contribution in [3.8, 4) is 5.75 Å². The summed E-state index contributed by atoms with van der Waals surface area (Å²) in [4.78, 5) is 12.2. The van der Waals surface area contributed by atoms with E-state index in [2.05, 4.69) is 10.6 Å². The molecule has 2 rings (SSSR count). The predicted octanol–water partition coefficient (Wildman–Crippen LogP) is 4.26. The van der Waals surface area contributed by atoms with E-state index >= 15 is 0 Å². The summed E-state index contributed by atoms with van der Waals surface area (Å²) in [7, 11) is 1.58. The molecule has 0 unspecified atom stereocenters. The lowest BCUT2D eigenvalue weighted by Gasteiger charge is -2.14. The molecule has 0 spiro atoms. The van der Waals surface area contributed by atoms with Gasteiger partial charge in [0.1, 0.15) is 5.75 Å². The fraction of sp³-hybridized carbons (Fsp3) is 0.235. The van der Waals surface area contributed by atoms with Gasteiger partial charge in [-0.05, 0) is 44.0 Å². The van der Waals surface area contributed by atoms with Crippen LogP contribution in [0.25, 0.3) is 0 Å². The molecule has 2 aromatic carbocycles. The largest absolute Gasteiger partial charge is 0.495 e. The molecule has 110 valence electrons. The summed E-state index contributed by atoms with van der Waals surface area (Å²) in [5.74, 6) is 0.630. The molecule has 0 saturated carbocycles. The Bertz CT molecular complexity index is 643. The van der Waals surface area contributed by atoms with Crippen LogP contribution in [0.15, 0.2) is 36.4 Å². The number of ether oxygens (including phenoxy) is 1. The van der Waals surface area contributed by atoms with Crippen LogP contribution < -0.4 is 15.4 Å². The van der Waals surface area contributed by atoms with Crippen molar-refractivity contribution in [3.05, 3.63) is 53.1 Å². The number of benzene rings is 2. The van der Waals surface area contributed by atoms with Crippen molar-refractivity contribution >= 4 is 17.4 Å². The molecule has 0 bridgehead atoms. The lowest BCUT2D eigenvalue weighted by atomic mass is 10.1. The third-order valence-electron chi connectivity index (χ3n) is 3.27. The van der Waals surface area contributed by atoms with Gasteiger partial charge in [-0.25, -0.2) is 4.79 Å². The van der Waals surface area contributed by atoms with Crippen LogP contribution in [0.4, 0.5) is 16.2 Å². The smallest absolute Gasteiger partial charge is 0.323 e. The summed E-state index contributed by atoms with van der Waals surface area (Å²) in [6.07, 6.45) is 0. The van der Waals surface area contributed by atoms with Gasteiger partial charge >= 0.3 is 6.03 Å². The molecule has 4 nitrogen and oxygen atoms in total. The summed E-state index contributed by atoms with van der Waals surface area (Å²) in [6.45, 7) is 6.01. The van der Waals surface area contributed by atoms with Crippen LogP contribution in [0, 0.1) is 20.8 Å². The second-order valence-electron chi connectivity index (χ2n) is 5.05. The number of rotatable bonds is 3. The minimum absolute atomic E-state index is 0.283. The molecular formula is C17H20N2O2. The quantitative estimate of drug-likeness (QED) is 0.884. The van der Waals surface area contributed by atoms with Crippen molar-refractivity contribution in [2.45, 2.75) is 20.8 Å². The van der Waals surface area contributed by atoms with E-state index in [4.69, 9.17) is 4.74 Å². The number of methoxy groups -OCH3 is 1. The topological polar surface area (TPSA) is 50.4 Å². The van der Waals surface area contributed by atoms with E-state index in [0.717, 1.165) is 16.8 Å². The van der Waals surface area contributed by atoms with E-state index in [1.807, 2.05) is 45.0 Å². The van der Waals surface area contributed by atoms with Gasteiger partial charge in [0.15, 0.2) is 0 Å². The molecule has 0 heterocycles. The number of carbonyl (C=O) groups excluding carboxylic acids is 1. The summed E-state index contributed by atoms with van der Waals surface area (Å²) in [5.41, 5.74) is 4.75. The molecule has 0 radical (unpaired) electrons. The van der Waals surface area contributed by atoms with Gasteiger partial charge in [0.2, 0.25) is 0 Å². The Kier molecular flexibility index (Phi) is 4.48. The number of carbonyl (C=O) groups is 1. The van der Waals surface area contributed by atoms with E-state index in [1.165, 1.54) is 5.56 Å². The standard InChI is InChI=1S/C17H20N2O2/c1-11-9-12(2)16(13(3)10-11)19-17(20)18-14-7-5-6-8-15(14)21-4/h5-10H,1-4H3,(H2,18,19,20). The van der Waals surface area contributed by atoms with Crippen LogP contribution in [-0.2, 0) is 0 Å². The van der Waals surface area contributed by atoms with Crippen molar-refractivity contribution in [2.75, 3.05) is 17.7 Å². The molecule has 2 N–H and O–H groups in total. The van der Waals surface area contributed by atoms with Crippen LogP contribution in [-0.4, -0.2) is 13.1 Å². The molecule has 0 atom stereocenters. The molecule has 0 aliphatic heterocycles. The highest BCUT2D eigenvalue weighted by Crippen LogP contribution is 2.25. The third-order valence-corrected chi connectivity index (χ3v) is 3.27. The summed E-state index contributed by atoms with van der Waals surface area (Å²) >= 11 is 0. The zero-order valence-electron chi connectivity index (χ0n) is 12.8. The van der Waals surface area contributed by atoms with Gasteiger partial charge in [0.05, 0.1) is 12.8 Å². The van der Waals surface area contributed by atoms with E-state index in [-0.39, 0.29) is 6.03 Å². The lowest BCUT2D eigenvalue weighted by molar-refractivity contribution is 0.262. The highest BCUT2D eigenvalue weighted by atomic mass is 16.5. The number of hydrogen-bond acceptors (Lipinski definition) is 2. The molecule has 2 amide bonds. The van der Waals surface area contributed by atoms with E-state index in [9.17, 15) is 4.79 Å². The number of amides is 2. The Labute approximate surface area is 125 Å². The monoisotopic (exact) mass is 284 g/mol. The maximum Gasteiger partial charge on any atom is 0.323 e. The van der Waals surface area contributed by atoms with Crippen molar-refractivity contribution in [3.63, 3.8) is 0 Å². The van der Waals surface area contributed by atoms with E-state index in [0.29, 0.717) is 11.4 Å². The summed E-state index contributed by atoms with van der Waals surface area (Å²) in [6, 6.07) is 11.1. The van der Waals surface area contributed by atoms with Gasteiger partial charge < -0.3 is 15.4 Å². The zero-order valence-corrected chi connectivity index (χ0v) is 12.8. The molecule has 4 heteroatoms. The first-order valence-corrected chi connectivity index (χ1v) is 6.80. The lowest BCUT2D eigenvalue weighted by Crippen LogP contribution is -2.21. The summed E-state index contributed by atoms with van der Waals surface area (Å²) in [5, 5.41) is 5.70. The normalized spacial score (nSPS) is 10.1. The van der Waals surface area contributed by atoms with Crippen LogP contribution in [0.5, 0.6) is 5.75 Å². The number of anilines is 2. The maximum atomic E-state index is 12.2. The Morgan fingerprint density at radius 2 is 1.62 bits per heavy atom. The molecule has 0 aliphatic rings. The Hall–Kier alpha value is -2.49. The molecule has 0 saturated heterocycles. The van der Waals surface area contributed by atoms with Crippen LogP contribution in [0.2, 0.25) is 0 Å². The predicted molar refractivity (Wildman–Crippen MR) is 86.3 cm³/mol. The third kappa shape index (κ3) is 3.54. The summed E-state index contributed by atoms with van der Waals surface area (Å²) < 4.78 is 5.22. The second kappa shape index (κ2) is 6.31. The van der Waals surface area contributed by atoms with Crippen LogP contribution in [0.1, 0.15) is 16.7 Å². The van der Waals surface area contributed by atoms with Crippen LogP contribution >= 0.6 is 0 Å². The molecule has 2 aromatic rings. The van der Waals surface area contributed by atoms with Crippen LogP contribution in [0.3, 0.4) is 0 Å². The maximum absolute atomic E-state index is 12.2. The number of aryl methyl sites for hydroxylation is 3. The average molecular weight is 284 g/mol. The minimum atomic E-state index is -0.283. The van der Waals surface area contributed by atoms with Gasteiger partial charge in [-0.3, -0.25) is 0 Å². The van der Waals surface area contributed by atoms with E-state index < -0.39 is 0 Å². The van der Waals surface area contributed by atoms with Crippen molar-refractivity contribution in [2.24, 2.45) is 0 Å². The number of urea groups is 1.